The molecule has 1 saturated carbocycles. The van der Waals surface area contributed by atoms with Crippen LogP contribution in [0.4, 0.5) is 0 Å². The highest BCUT2D eigenvalue weighted by Gasteiger charge is 2.27. The number of hydrogen-bond donors (Lipinski definition) is 1. The Labute approximate surface area is 150 Å². The standard InChI is InChI=1S/C17H22IN3O2/c1-12-3-2-4-14(16(12)18)17(23)21-9-7-20(8-10-21)11-15(22)19-13-5-6-13/h2-4,13H,5-11H2,1H3,(H,19,22). The van der Waals surface area contributed by atoms with Crippen molar-refractivity contribution in [3.63, 3.8) is 0 Å². The van der Waals surface area contributed by atoms with Gasteiger partial charge in [-0.25, -0.2) is 0 Å². The van der Waals surface area contributed by atoms with Crippen molar-refractivity contribution in [2.45, 2.75) is 25.8 Å². The number of amides is 2. The molecule has 6 heteroatoms. The molecule has 1 N–H and O–H groups in total. The zero-order chi connectivity index (χ0) is 16.4. The van der Waals surface area contributed by atoms with Gasteiger partial charge in [0.15, 0.2) is 0 Å². The second-order valence-corrected chi connectivity index (χ2v) is 7.43. The number of nitrogens with one attached hydrogen (secondary N) is 1. The Morgan fingerprint density at radius 3 is 2.57 bits per heavy atom. The van der Waals surface area contributed by atoms with Gasteiger partial charge in [0.05, 0.1) is 12.1 Å². The van der Waals surface area contributed by atoms with Crippen molar-refractivity contribution in [2.24, 2.45) is 0 Å². The molecule has 2 fully saturated rings. The molecule has 1 saturated heterocycles. The molecule has 0 radical (unpaired) electrons. The van der Waals surface area contributed by atoms with E-state index in [4.69, 9.17) is 0 Å². The summed E-state index contributed by atoms with van der Waals surface area (Å²) in [6.07, 6.45) is 2.23. The summed E-state index contributed by atoms with van der Waals surface area (Å²) in [4.78, 5) is 28.5. The molecule has 3 rings (SSSR count). The van der Waals surface area contributed by atoms with Gasteiger partial charge in [-0.15, -0.1) is 0 Å². The van der Waals surface area contributed by atoms with E-state index in [0.29, 0.717) is 25.7 Å². The van der Waals surface area contributed by atoms with E-state index in [0.717, 1.165) is 40.6 Å². The van der Waals surface area contributed by atoms with Gasteiger partial charge >= 0.3 is 0 Å². The van der Waals surface area contributed by atoms with Crippen LogP contribution in [0.2, 0.25) is 0 Å². The van der Waals surface area contributed by atoms with Gasteiger partial charge in [-0.2, -0.15) is 0 Å². The minimum absolute atomic E-state index is 0.0974. The molecule has 1 aliphatic heterocycles. The lowest BCUT2D eigenvalue weighted by atomic mass is 10.1. The lowest BCUT2D eigenvalue weighted by molar-refractivity contribution is -0.122. The van der Waals surface area contributed by atoms with Gasteiger partial charge in [-0.05, 0) is 54.0 Å². The maximum atomic E-state index is 12.7. The zero-order valence-electron chi connectivity index (χ0n) is 13.3. The average molecular weight is 427 g/mol. The van der Waals surface area contributed by atoms with E-state index >= 15 is 0 Å². The summed E-state index contributed by atoms with van der Waals surface area (Å²) >= 11 is 2.24. The summed E-state index contributed by atoms with van der Waals surface area (Å²) in [5.74, 6) is 0.209. The SMILES string of the molecule is Cc1cccc(C(=O)N2CCN(CC(=O)NC3CC3)CC2)c1I. The topological polar surface area (TPSA) is 52.7 Å². The summed E-state index contributed by atoms with van der Waals surface area (Å²) in [5, 5.41) is 3.01. The van der Waals surface area contributed by atoms with Crippen molar-refractivity contribution in [3.05, 3.63) is 32.9 Å². The summed E-state index contributed by atoms with van der Waals surface area (Å²) in [5.41, 5.74) is 1.91. The van der Waals surface area contributed by atoms with E-state index in [1.54, 1.807) is 0 Å². The molecule has 2 amide bonds. The van der Waals surface area contributed by atoms with Crippen LogP contribution < -0.4 is 5.32 Å². The van der Waals surface area contributed by atoms with Crippen molar-refractivity contribution < 1.29 is 9.59 Å². The number of halogens is 1. The summed E-state index contributed by atoms with van der Waals surface area (Å²) < 4.78 is 1.03. The molecule has 0 unspecified atom stereocenters. The van der Waals surface area contributed by atoms with Gasteiger partial charge < -0.3 is 10.2 Å². The first-order chi connectivity index (χ1) is 11.0. The monoisotopic (exact) mass is 427 g/mol. The largest absolute Gasteiger partial charge is 0.352 e. The quantitative estimate of drug-likeness (QED) is 0.744. The lowest BCUT2D eigenvalue weighted by Crippen LogP contribution is -2.51. The smallest absolute Gasteiger partial charge is 0.255 e. The Kier molecular flexibility index (Phi) is 5.21. The third kappa shape index (κ3) is 4.23. The minimum Gasteiger partial charge on any atom is -0.352 e. The summed E-state index contributed by atoms with van der Waals surface area (Å²) in [6, 6.07) is 6.26. The zero-order valence-corrected chi connectivity index (χ0v) is 15.5. The number of carbonyl (C=O) groups excluding carboxylic acids is 2. The molecular weight excluding hydrogens is 405 g/mol. The van der Waals surface area contributed by atoms with E-state index in [1.165, 1.54) is 0 Å². The third-order valence-corrected chi connectivity index (χ3v) is 5.82. The molecule has 0 aromatic heterocycles. The second kappa shape index (κ2) is 7.17. The van der Waals surface area contributed by atoms with Gasteiger partial charge in [-0.3, -0.25) is 14.5 Å². The van der Waals surface area contributed by atoms with Crippen LogP contribution in [-0.4, -0.2) is 60.4 Å². The van der Waals surface area contributed by atoms with E-state index in [1.807, 2.05) is 30.0 Å². The molecule has 23 heavy (non-hydrogen) atoms. The first kappa shape index (κ1) is 16.7. The number of hydrogen-bond acceptors (Lipinski definition) is 3. The van der Waals surface area contributed by atoms with Crippen molar-refractivity contribution in [3.8, 4) is 0 Å². The van der Waals surface area contributed by atoms with Gasteiger partial charge in [0.2, 0.25) is 5.91 Å². The van der Waals surface area contributed by atoms with E-state index in [2.05, 4.69) is 32.8 Å². The fraction of sp³-hybridized carbons (Fsp3) is 0.529. The van der Waals surface area contributed by atoms with Gasteiger partial charge in [0.25, 0.3) is 5.91 Å². The molecular formula is C17H22IN3O2. The maximum Gasteiger partial charge on any atom is 0.255 e. The second-order valence-electron chi connectivity index (χ2n) is 6.35. The highest BCUT2D eigenvalue weighted by molar-refractivity contribution is 14.1. The van der Waals surface area contributed by atoms with E-state index in [-0.39, 0.29) is 11.8 Å². The van der Waals surface area contributed by atoms with Crippen LogP contribution in [0.1, 0.15) is 28.8 Å². The maximum absolute atomic E-state index is 12.7. The molecule has 1 heterocycles. The number of nitrogens with zero attached hydrogens (tertiary/aromatic N) is 2. The van der Waals surface area contributed by atoms with Crippen molar-refractivity contribution in [2.75, 3.05) is 32.7 Å². The van der Waals surface area contributed by atoms with E-state index < -0.39 is 0 Å². The number of piperazine rings is 1. The first-order valence-corrected chi connectivity index (χ1v) is 9.18. The fourth-order valence-corrected chi connectivity index (χ4v) is 3.39. The fourth-order valence-electron chi connectivity index (χ4n) is 2.80. The number of aryl methyl sites for hydroxylation is 1. The molecule has 5 nitrogen and oxygen atoms in total. The summed E-state index contributed by atoms with van der Waals surface area (Å²) in [7, 11) is 0. The van der Waals surface area contributed by atoms with Crippen molar-refractivity contribution in [1.29, 1.82) is 0 Å². The summed E-state index contributed by atoms with van der Waals surface area (Å²) in [6.45, 7) is 5.34. The predicted octanol–water partition coefficient (Wildman–Crippen LogP) is 1.64. The Balaban J connectivity index is 1.52. The van der Waals surface area contributed by atoms with Crippen LogP contribution in [0.3, 0.4) is 0 Å². The average Bonchev–Trinajstić information content (AvgIpc) is 3.34. The molecule has 0 atom stereocenters. The van der Waals surface area contributed by atoms with Crippen LogP contribution >= 0.6 is 22.6 Å². The molecule has 124 valence electrons. The Morgan fingerprint density at radius 1 is 1.22 bits per heavy atom. The van der Waals surface area contributed by atoms with Gasteiger partial charge in [0, 0.05) is 35.8 Å². The lowest BCUT2D eigenvalue weighted by Gasteiger charge is -2.34. The Hall–Kier alpha value is -1.15. The highest BCUT2D eigenvalue weighted by Crippen LogP contribution is 2.20. The molecule has 1 aromatic carbocycles. The molecule has 1 aliphatic carbocycles. The minimum atomic E-state index is 0.0974. The Morgan fingerprint density at radius 2 is 1.91 bits per heavy atom. The molecule has 1 aromatic rings. The third-order valence-electron chi connectivity index (χ3n) is 4.39. The van der Waals surface area contributed by atoms with Crippen LogP contribution in [0.25, 0.3) is 0 Å². The number of rotatable bonds is 4. The number of carbonyl (C=O) groups is 2. The van der Waals surface area contributed by atoms with Crippen molar-refractivity contribution in [1.82, 2.24) is 15.1 Å². The first-order valence-electron chi connectivity index (χ1n) is 8.10. The molecule has 0 spiro atoms. The Bertz CT molecular complexity index is 608. The predicted molar refractivity (Wildman–Crippen MR) is 97.4 cm³/mol. The van der Waals surface area contributed by atoms with Crippen LogP contribution in [0.5, 0.6) is 0 Å². The van der Waals surface area contributed by atoms with E-state index in [9.17, 15) is 9.59 Å². The van der Waals surface area contributed by atoms with Crippen LogP contribution in [-0.2, 0) is 4.79 Å². The van der Waals surface area contributed by atoms with Gasteiger partial charge in [0.1, 0.15) is 0 Å². The molecule has 0 bridgehead atoms. The highest BCUT2D eigenvalue weighted by atomic mass is 127. The molecule has 2 aliphatic rings. The van der Waals surface area contributed by atoms with Crippen LogP contribution in [0, 0.1) is 10.5 Å². The van der Waals surface area contributed by atoms with Gasteiger partial charge in [-0.1, -0.05) is 12.1 Å². The van der Waals surface area contributed by atoms with Crippen LogP contribution in [0.15, 0.2) is 18.2 Å². The normalized spacial score (nSPS) is 18.8. The number of benzene rings is 1. The van der Waals surface area contributed by atoms with Crippen molar-refractivity contribution >= 4 is 34.4 Å².